The Morgan fingerprint density at radius 1 is 1.30 bits per heavy atom. The standard InChI is InChI=1S/C20H17Cl2N3O4S/c1-2-29-10-9-24-19-16(22)11-14(21)12-17(19)30-20(24)23-18(26)8-5-13-3-6-15(7-4-13)25(27)28/h3-8,11-12H,2,9-10H2,1H3/b8-5+,23-20?. The van der Waals surface area contributed by atoms with Gasteiger partial charge in [0.25, 0.3) is 11.6 Å². The number of fused-ring (bicyclic) bond motifs is 1. The molecule has 1 amide bonds. The number of hydrogen-bond donors (Lipinski definition) is 0. The number of benzene rings is 2. The third-order valence-corrected chi connectivity index (χ3v) is 5.62. The molecule has 1 heterocycles. The predicted molar refractivity (Wildman–Crippen MR) is 119 cm³/mol. The summed E-state index contributed by atoms with van der Waals surface area (Å²) in [5.41, 5.74) is 1.38. The SMILES string of the molecule is CCOCCn1c(=NC(=O)/C=C/c2ccc([N+](=O)[O-])cc2)sc2cc(Cl)cc(Cl)c21. The van der Waals surface area contributed by atoms with Crippen molar-refractivity contribution >= 4 is 62.4 Å². The molecule has 7 nitrogen and oxygen atoms in total. The highest BCUT2D eigenvalue weighted by Gasteiger charge is 2.12. The van der Waals surface area contributed by atoms with Crippen molar-refractivity contribution in [3.8, 4) is 0 Å². The van der Waals surface area contributed by atoms with Crippen LogP contribution in [0.25, 0.3) is 16.3 Å². The lowest BCUT2D eigenvalue weighted by Gasteiger charge is -2.06. The fourth-order valence-electron chi connectivity index (χ4n) is 2.73. The van der Waals surface area contributed by atoms with Gasteiger partial charge in [0.2, 0.25) is 0 Å². The minimum Gasteiger partial charge on any atom is -0.380 e. The first kappa shape index (κ1) is 22.2. The molecule has 0 saturated heterocycles. The Kier molecular flexibility index (Phi) is 7.38. The number of aromatic nitrogens is 1. The van der Waals surface area contributed by atoms with Crippen LogP contribution in [0.5, 0.6) is 0 Å². The van der Waals surface area contributed by atoms with Crippen LogP contribution in [0.2, 0.25) is 10.0 Å². The molecule has 3 aromatic rings. The van der Waals surface area contributed by atoms with Gasteiger partial charge in [-0.15, -0.1) is 0 Å². The Balaban J connectivity index is 1.93. The molecule has 1 aromatic heterocycles. The molecule has 0 unspecified atom stereocenters. The van der Waals surface area contributed by atoms with E-state index in [0.29, 0.717) is 40.2 Å². The summed E-state index contributed by atoms with van der Waals surface area (Å²) in [6, 6.07) is 9.30. The van der Waals surface area contributed by atoms with Crippen LogP contribution in [0.4, 0.5) is 5.69 Å². The fraction of sp³-hybridized carbons (Fsp3) is 0.200. The molecule has 0 aliphatic heterocycles. The van der Waals surface area contributed by atoms with Crippen molar-refractivity contribution in [2.75, 3.05) is 13.2 Å². The Morgan fingerprint density at radius 3 is 2.70 bits per heavy atom. The molecule has 0 aliphatic rings. The highest BCUT2D eigenvalue weighted by molar-refractivity contribution is 7.16. The number of carbonyl (C=O) groups excluding carboxylic acids is 1. The first-order valence-electron chi connectivity index (χ1n) is 8.96. The molecule has 30 heavy (non-hydrogen) atoms. The van der Waals surface area contributed by atoms with Crippen molar-refractivity contribution in [3.63, 3.8) is 0 Å². The highest BCUT2D eigenvalue weighted by atomic mass is 35.5. The number of nitro benzene ring substituents is 1. The van der Waals surface area contributed by atoms with Crippen LogP contribution < -0.4 is 4.80 Å². The van der Waals surface area contributed by atoms with Gasteiger partial charge < -0.3 is 9.30 Å². The van der Waals surface area contributed by atoms with Crippen molar-refractivity contribution in [3.05, 3.63) is 73.0 Å². The molecule has 10 heteroatoms. The average molecular weight is 466 g/mol. The normalized spacial score (nSPS) is 12.2. The molecule has 0 atom stereocenters. The zero-order valence-electron chi connectivity index (χ0n) is 15.9. The van der Waals surface area contributed by atoms with Crippen LogP contribution in [0.1, 0.15) is 12.5 Å². The van der Waals surface area contributed by atoms with Gasteiger partial charge in [0.05, 0.1) is 26.8 Å². The molecule has 0 fully saturated rings. The van der Waals surface area contributed by atoms with E-state index in [9.17, 15) is 14.9 Å². The molecule has 0 bridgehead atoms. The van der Waals surface area contributed by atoms with Gasteiger partial charge in [-0.3, -0.25) is 14.9 Å². The zero-order valence-corrected chi connectivity index (χ0v) is 18.2. The van der Waals surface area contributed by atoms with Gasteiger partial charge >= 0.3 is 0 Å². The largest absolute Gasteiger partial charge is 0.380 e. The van der Waals surface area contributed by atoms with Gasteiger partial charge in [-0.2, -0.15) is 4.99 Å². The van der Waals surface area contributed by atoms with Crippen LogP contribution in [0.15, 0.2) is 47.5 Å². The quantitative estimate of drug-likeness (QED) is 0.210. The van der Waals surface area contributed by atoms with E-state index in [4.69, 9.17) is 27.9 Å². The fourth-order valence-corrected chi connectivity index (χ4v) is 4.57. The van der Waals surface area contributed by atoms with Gasteiger partial charge in [-0.05, 0) is 42.8 Å². The number of rotatable bonds is 7. The van der Waals surface area contributed by atoms with Gasteiger partial charge in [0.15, 0.2) is 4.80 Å². The number of carbonyl (C=O) groups is 1. The van der Waals surface area contributed by atoms with E-state index in [0.717, 1.165) is 10.2 Å². The van der Waals surface area contributed by atoms with Gasteiger partial charge in [-0.25, -0.2) is 0 Å². The Labute approximate surface area is 186 Å². The van der Waals surface area contributed by atoms with E-state index < -0.39 is 10.8 Å². The molecule has 3 rings (SSSR count). The number of nitrogens with zero attached hydrogens (tertiary/aromatic N) is 3. The maximum atomic E-state index is 12.4. The van der Waals surface area contributed by atoms with Crippen molar-refractivity contribution in [2.24, 2.45) is 4.99 Å². The smallest absolute Gasteiger partial charge is 0.272 e. The van der Waals surface area contributed by atoms with E-state index in [2.05, 4.69) is 4.99 Å². The Morgan fingerprint density at radius 2 is 2.03 bits per heavy atom. The third-order valence-electron chi connectivity index (χ3n) is 4.09. The maximum absolute atomic E-state index is 12.4. The molecular weight excluding hydrogens is 449 g/mol. The van der Waals surface area contributed by atoms with E-state index >= 15 is 0 Å². The number of nitro groups is 1. The summed E-state index contributed by atoms with van der Waals surface area (Å²) in [4.78, 5) is 27.3. The lowest BCUT2D eigenvalue weighted by Crippen LogP contribution is -2.19. The number of thiazole rings is 1. The van der Waals surface area contributed by atoms with Crippen molar-refractivity contribution in [2.45, 2.75) is 13.5 Å². The summed E-state index contributed by atoms with van der Waals surface area (Å²) in [5.74, 6) is -0.465. The first-order valence-corrected chi connectivity index (χ1v) is 10.5. The van der Waals surface area contributed by atoms with Gasteiger partial charge in [-0.1, -0.05) is 34.5 Å². The maximum Gasteiger partial charge on any atom is 0.272 e. The third kappa shape index (κ3) is 5.34. The number of amides is 1. The minimum absolute atomic E-state index is 0.0145. The van der Waals surface area contributed by atoms with Crippen LogP contribution in [0, 0.1) is 10.1 Å². The summed E-state index contributed by atoms with van der Waals surface area (Å²) in [5, 5.41) is 11.7. The lowest BCUT2D eigenvalue weighted by molar-refractivity contribution is -0.384. The van der Waals surface area contributed by atoms with Crippen molar-refractivity contribution < 1.29 is 14.5 Å². The van der Waals surface area contributed by atoms with Crippen LogP contribution in [0.3, 0.4) is 0 Å². The molecular formula is C20H17Cl2N3O4S. The Hall–Kier alpha value is -2.52. The molecule has 0 saturated carbocycles. The topological polar surface area (TPSA) is 86.7 Å². The zero-order chi connectivity index (χ0) is 21.7. The summed E-state index contributed by atoms with van der Waals surface area (Å²) < 4.78 is 8.09. The number of halogens is 2. The number of ether oxygens (including phenoxy) is 1. The predicted octanol–water partition coefficient (Wildman–Crippen LogP) is 5.10. The monoisotopic (exact) mass is 465 g/mol. The first-order chi connectivity index (χ1) is 14.4. The van der Waals surface area contributed by atoms with Crippen molar-refractivity contribution in [1.82, 2.24) is 4.57 Å². The molecule has 156 valence electrons. The summed E-state index contributed by atoms with van der Waals surface area (Å²) in [6.07, 6.45) is 2.87. The van der Waals surface area contributed by atoms with Crippen LogP contribution in [-0.4, -0.2) is 28.6 Å². The van der Waals surface area contributed by atoms with Crippen molar-refractivity contribution in [1.29, 1.82) is 0 Å². The van der Waals surface area contributed by atoms with Gasteiger partial charge in [0.1, 0.15) is 0 Å². The highest BCUT2D eigenvalue weighted by Crippen LogP contribution is 2.29. The van der Waals surface area contributed by atoms with Crippen LogP contribution in [-0.2, 0) is 16.1 Å². The van der Waals surface area contributed by atoms with E-state index in [1.54, 1.807) is 30.3 Å². The lowest BCUT2D eigenvalue weighted by atomic mass is 10.2. The summed E-state index contributed by atoms with van der Waals surface area (Å²) in [6.45, 7) is 3.40. The van der Waals surface area contributed by atoms with E-state index in [-0.39, 0.29) is 5.69 Å². The second-order valence-corrected chi connectivity index (χ2v) is 7.95. The molecule has 0 radical (unpaired) electrons. The van der Waals surface area contributed by atoms with Crippen LogP contribution >= 0.6 is 34.5 Å². The van der Waals surface area contributed by atoms with E-state index in [1.165, 1.54) is 29.5 Å². The molecule has 0 aliphatic carbocycles. The minimum atomic E-state index is -0.478. The molecule has 0 N–H and O–H groups in total. The summed E-state index contributed by atoms with van der Waals surface area (Å²) >= 11 is 13.8. The second-order valence-electron chi connectivity index (χ2n) is 6.10. The Bertz CT molecular complexity index is 1180. The second kappa shape index (κ2) is 9.99. The van der Waals surface area contributed by atoms with Gasteiger partial charge in [0, 0.05) is 36.4 Å². The number of hydrogen-bond acceptors (Lipinski definition) is 5. The average Bonchev–Trinajstić information content (AvgIpc) is 3.04. The number of non-ortho nitro benzene ring substituents is 1. The van der Waals surface area contributed by atoms with E-state index in [1.807, 2.05) is 11.5 Å². The molecule has 2 aromatic carbocycles. The summed E-state index contributed by atoms with van der Waals surface area (Å²) in [7, 11) is 0. The molecule has 0 spiro atoms.